The summed E-state index contributed by atoms with van der Waals surface area (Å²) >= 11 is 1.72. The number of anilines is 1. The Morgan fingerprint density at radius 2 is 1.93 bits per heavy atom. The molecule has 1 aromatic carbocycles. The van der Waals surface area contributed by atoms with Crippen molar-refractivity contribution in [2.75, 3.05) is 32.3 Å². The fourth-order valence-electron chi connectivity index (χ4n) is 1.25. The predicted octanol–water partition coefficient (Wildman–Crippen LogP) is 2.44. The van der Waals surface area contributed by atoms with Crippen molar-refractivity contribution in [1.82, 2.24) is 0 Å². The van der Waals surface area contributed by atoms with Crippen molar-refractivity contribution in [3.63, 3.8) is 0 Å². The van der Waals surface area contributed by atoms with E-state index in [0.29, 0.717) is 6.54 Å². The van der Waals surface area contributed by atoms with Gasteiger partial charge < -0.3 is 14.8 Å². The van der Waals surface area contributed by atoms with Crippen LogP contribution in [0.1, 0.15) is 0 Å². The molecule has 0 radical (unpaired) electrons. The Morgan fingerprint density at radius 1 is 1.27 bits per heavy atom. The van der Waals surface area contributed by atoms with Gasteiger partial charge in [-0.3, -0.25) is 0 Å². The Bertz CT molecular complexity index is 290. The van der Waals surface area contributed by atoms with E-state index in [-0.39, 0.29) is 6.29 Å². The summed E-state index contributed by atoms with van der Waals surface area (Å²) in [7, 11) is 3.27. The van der Waals surface area contributed by atoms with Crippen LogP contribution in [0, 0.1) is 0 Å². The number of nitrogens with one attached hydrogen (secondary N) is 1. The molecule has 0 saturated heterocycles. The molecule has 0 aliphatic carbocycles. The van der Waals surface area contributed by atoms with Crippen molar-refractivity contribution in [2.45, 2.75) is 11.2 Å². The lowest BCUT2D eigenvalue weighted by molar-refractivity contribution is -0.0914. The van der Waals surface area contributed by atoms with Gasteiger partial charge in [0.1, 0.15) is 0 Å². The molecule has 0 aliphatic heterocycles. The maximum absolute atomic E-state index is 5.10. The van der Waals surface area contributed by atoms with Gasteiger partial charge in [0.05, 0.1) is 6.54 Å². The zero-order chi connectivity index (χ0) is 11.1. The van der Waals surface area contributed by atoms with Crippen LogP contribution in [0.3, 0.4) is 0 Å². The molecule has 0 heterocycles. The molecule has 0 spiro atoms. The highest BCUT2D eigenvalue weighted by molar-refractivity contribution is 7.98. The summed E-state index contributed by atoms with van der Waals surface area (Å²) in [5.41, 5.74) is 1.11. The standard InChI is InChI=1S/C11H17NO2S/c1-13-11(14-2)8-12-9-6-4-5-7-10(9)15-3/h4-7,11-12H,8H2,1-3H3. The molecule has 0 aromatic heterocycles. The average molecular weight is 227 g/mol. The molecule has 1 rings (SSSR count). The lowest BCUT2D eigenvalue weighted by Gasteiger charge is -2.16. The van der Waals surface area contributed by atoms with Crippen LogP contribution in [0.25, 0.3) is 0 Å². The summed E-state index contributed by atoms with van der Waals surface area (Å²) in [6.07, 6.45) is 1.85. The maximum atomic E-state index is 5.10. The largest absolute Gasteiger partial charge is 0.379 e. The van der Waals surface area contributed by atoms with E-state index >= 15 is 0 Å². The molecule has 0 amide bonds. The SMILES string of the molecule is COC(CNc1ccccc1SC)OC. The summed E-state index contributed by atoms with van der Waals surface area (Å²) in [5.74, 6) is 0. The Labute approximate surface area is 95.2 Å². The number of benzene rings is 1. The lowest BCUT2D eigenvalue weighted by atomic mass is 10.3. The van der Waals surface area contributed by atoms with E-state index in [1.807, 2.05) is 18.2 Å². The highest BCUT2D eigenvalue weighted by atomic mass is 32.2. The van der Waals surface area contributed by atoms with Gasteiger partial charge in [-0.1, -0.05) is 12.1 Å². The second-order valence-electron chi connectivity index (χ2n) is 2.98. The maximum Gasteiger partial charge on any atom is 0.173 e. The third kappa shape index (κ3) is 3.74. The first-order valence-electron chi connectivity index (χ1n) is 4.74. The first-order valence-corrected chi connectivity index (χ1v) is 5.96. The van der Waals surface area contributed by atoms with Crippen molar-refractivity contribution < 1.29 is 9.47 Å². The fourth-order valence-corrected chi connectivity index (χ4v) is 1.82. The molecule has 0 saturated carbocycles. The van der Waals surface area contributed by atoms with Crippen LogP contribution in [-0.2, 0) is 9.47 Å². The molecule has 0 bridgehead atoms. The molecular formula is C11H17NO2S. The van der Waals surface area contributed by atoms with E-state index < -0.39 is 0 Å². The molecule has 15 heavy (non-hydrogen) atoms. The first-order chi connectivity index (χ1) is 7.31. The highest BCUT2D eigenvalue weighted by Gasteiger charge is 2.05. The van der Waals surface area contributed by atoms with Gasteiger partial charge in [-0.25, -0.2) is 0 Å². The van der Waals surface area contributed by atoms with Gasteiger partial charge in [-0.15, -0.1) is 11.8 Å². The Kier molecular flexibility index (Phi) is 5.53. The van der Waals surface area contributed by atoms with Gasteiger partial charge in [0.25, 0.3) is 0 Å². The monoisotopic (exact) mass is 227 g/mol. The number of rotatable bonds is 6. The van der Waals surface area contributed by atoms with E-state index in [2.05, 4.69) is 17.6 Å². The second kappa shape index (κ2) is 6.71. The molecule has 0 fully saturated rings. The van der Waals surface area contributed by atoms with E-state index in [1.54, 1.807) is 26.0 Å². The van der Waals surface area contributed by atoms with Gasteiger partial charge in [-0.2, -0.15) is 0 Å². The molecule has 1 N–H and O–H groups in total. The smallest absolute Gasteiger partial charge is 0.173 e. The molecule has 1 aromatic rings. The molecule has 0 unspecified atom stereocenters. The topological polar surface area (TPSA) is 30.5 Å². The minimum Gasteiger partial charge on any atom is -0.379 e. The Morgan fingerprint density at radius 3 is 2.53 bits per heavy atom. The van der Waals surface area contributed by atoms with Crippen LogP contribution < -0.4 is 5.32 Å². The lowest BCUT2D eigenvalue weighted by Crippen LogP contribution is -2.23. The minimum absolute atomic E-state index is 0.208. The van der Waals surface area contributed by atoms with E-state index in [1.165, 1.54) is 4.90 Å². The van der Waals surface area contributed by atoms with Crippen molar-refractivity contribution >= 4 is 17.4 Å². The predicted molar refractivity (Wildman–Crippen MR) is 64.5 cm³/mol. The van der Waals surface area contributed by atoms with Crippen LogP contribution in [0.15, 0.2) is 29.2 Å². The van der Waals surface area contributed by atoms with Crippen LogP contribution in [0.5, 0.6) is 0 Å². The number of hydrogen-bond acceptors (Lipinski definition) is 4. The molecular weight excluding hydrogens is 210 g/mol. The zero-order valence-electron chi connectivity index (χ0n) is 9.32. The van der Waals surface area contributed by atoms with E-state index in [4.69, 9.17) is 9.47 Å². The number of thioether (sulfide) groups is 1. The number of methoxy groups -OCH3 is 2. The summed E-state index contributed by atoms with van der Waals surface area (Å²) in [5, 5.41) is 3.30. The molecule has 0 aliphatic rings. The van der Waals surface area contributed by atoms with Crippen molar-refractivity contribution in [1.29, 1.82) is 0 Å². The number of hydrogen-bond donors (Lipinski definition) is 1. The fraction of sp³-hybridized carbons (Fsp3) is 0.455. The quantitative estimate of drug-likeness (QED) is 0.597. The Hall–Kier alpha value is -0.710. The molecule has 4 heteroatoms. The zero-order valence-corrected chi connectivity index (χ0v) is 10.1. The minimum atomic E-state index is -0.208. The number of ether oxygens (including phenoxy) is 2. The first kappa shape index (κ1) is 12.4. The van der Waals surface area contributed by atoms with E-state index in [0.717, 1.165) is 5.69 Å². The Balaban J connectivity index is 2.56. The summed E-state index contributed by atoms with van der Waals surface area (Å²) < 4.78 is 10.2. The van der Waals surface area contributed by atoms with Gasteiger partial charge in [-0.05, 0) is 18.4 Å². The average Bonchev–Trinajstić information content (AvgIpc) is 2.31. The van der Waals surface area contributed by atoms with Crippen LogP contribution in [0.2, 0.25) is 0 Å². The van der Waals surface area contributed by atoms with Crippen molar-refractivity contribution in [2.24, 2.45) is 0 Å². The molecule has 0 atom stereocenters. The summed E-state index contributed by atoms with van der Waals surface area (Å²) in [6, 6.07) is 8.17. The number of para-hydroxylation sites is 1. The third-order valence-corrected chi connectivity index (χ3v) is 2.89. The van der Waals surface area contributed by atoms with Crippen molar-refractivity contribution in [3.05, 3.63) is 24.3 Å². The van der Waals surface area contributed by atoms with E-state index in [9.17, 15) is 0 Å². The van der Waals surface area contributed by atoms with Crippen molar-refractivity contribution in [3.8, 4) is 0 Å². The molecule has 3 nitrogen and oxygen atoms in total. The summed E-state index contributed by atoms with van der Waals surface area (Å²) in [6.45, 7) is 0.643. The third-order valence-electron chi connectivity index (χ3n) is 2.09. The molecule has 84 valence electrons. The van der Waals surface area contributed by atoms with Gasteiger partial charge in [0.2, 0.25) is 0 Å². The van der Waals surface area contributed by atoms with Gasteiger partial charge >= 0.3 is 0 Å². The van der Waals surface area contributed by atoms with Crippen LogP contribution in [-0.4, -0.2) is 33.3 Å². The normalized spacial score (nSPS) is 10.7. The van der Waals surface area contributed by atoms with Crippen LogP contribution >= 0.6 is 11.8 Å². The van der Waals surface area contributed by atoms with Crippen LogP contribution in [0.4, 0.5) is 5.69 Å². The van der Waals surface area contributed by atoms with Gasteiger partial charge in [0.15, 0.2) is 6.29 Å². The second-order valence-corrected chi connectivity index (χ2v) is 3.83. The summed E-state index contributed by atoms with van der Waals surface area (Å²) in [4.78, 5) is 1.23. The van der Waals surface area contributed by atoms with Gasteiger partial charge in [0, 0.05) is 24.8 Å². The highest BCUT2D eigenvalue weighted by Crippen LogP contribution is 2.24.